The summed E-state index contributed by atoms with van der Waals surface area (Å²) in [5.41, 5.74) is 1.92. The SMILES string of the molecule is CCOC(=O)c1cc(-c2cc(OC)c3c(C)c(C)c(=O)oc3c2)on1. The van der Waals surface area contributed by atoms with Gasteiger partial charge in [0.05, 0.1) is 19.1 Å². The van der Waals surface area contributed by atoms with Crippen molar-refractivity contribution < 1.29 is 23.2 Å². The quantitative estimate of drug-likeness (QED) is 0.530. The zero-order valence-electron chi connectivity index (χ0n) is 14.3. The third-order valence-electron chi connectivity index (χ3n) is 4.01. The molecule has 0 unspecified atom stereocenters. The number of rotatable bonds is 4. The van der Waals surface area contributed by atoms with Gasteiger partial charge in [-0.1, -0.05) is 5.16 Å². The molecule has 25 heavy (non-hydrogen) atoms. The molecule has 0 aliphatic heterocycles. The van der Waals surface area contributed by atoms with Crippen LogP contribution in [0, 0.1) is 13.8 Å². The Kier molecular flexibility index (Phi) is 4.31. The molecule has 2 aromatic heterocycles. The highest BCUT2D eigenvalue weighted by molar-refractivity contribution is 5.92. The standard InChI is InChI=1S/C18H17NO6/c1-5-23-18(21)12-8-13(25-19-12)11-6-14(22-4)16-9(2)10(3)17(20)24-15(16)7-11/h6-8H,5H2,1-4H3. The van der Waals surface area contributed by atoms with Crippen LogP contribution in [0.5, 0.6) is 5.75 Å². The number of hydrogen-bond donors (Lipinski definition) is 0. The molecule has 0 radical (unpaired) electrons. The van der Waals surface area contributed by atoms with E-state index < -0.39 is 11.6 Å². The smallest absolute Gasteiger partial charge is 0.360 e. The van der Waals surface area contributed by atoms with Crippen LogP contribution in [0.25, 0.3) is 22.3 Å². The van der Waals surface area contributed by atoms with Crippen molar-refractivity contribution in [2.45, 2.75) is 20.8 Å². The molecule has 0 atom stereocenters. The Morgan fingerprint density at radius 3 is 2.64 bits per heavy atom. The lowest BCUT2D eigenvalue weighted by Crippen LogP contribution is -2.06. The largest absolute Gasteiger partial charge is 0.496 e. The van der Waals surface area contributed by atoms with Gasteiger partial charge in [-0.25, -0.2) is 9.59 Å². The first-order valence-corrected chi connectivity index (χ1v) is 7.72. The zero-order chi connectivity index (χ0) is 18.1. The van der Waals surface area contributed by atoms with E-state index in [2.05, 4.69) is 5.16 Å². The number of fused-ring (bicyclic) bond motifs is 1. The van der Waals surface area contributed by atoms with Crippen molar-refractivity contribution in [3.8, 4) is 17.1 Å². The third kappa shape index (κ3) is 2.88. The molecule has 7 heteroatoms. The van der Waals surface area contributed by atoms with Crippen LogP contribution in [-0.2, 0) is 4.74 Å². The van der Waals surface area contributed by atoms with E-state index in [0.29, 0.717) is 33.6 Å². The maximum absolute atomic E-state index is 12.0. The molecule has 2 heterocycles. The Labute approximate surface area is 143 Å². The highest BCUT2D eigenvalue weighted by atomic mass is 16.5. The number of carbonyl (C=O) groups is 1. The van der Waals surface area contributed by atoms with Gasteiger partial charge >= 0.3 is 11.6 Å². The van der Waals surface area contributed by atoms with E-state index in [1.807, 2.05) is 6.92 Å². The summed E-state index contributed by atoms with van der Waals surface area (Å²) in [4.78, 5) is 23.7. The number of aryl methyl sites for hydroxylation is 1. The molecular weight excluding hydrogens is 326 g/mol. The monoisotopic (exact) mass is 343 g/mol. The van der Waals surface area contributed by atoms with Gasteiger partial charge in [-0.15, -0.1) is 0 Å². The topological polar surface area (TPSA) is 91.8 Å². The van der Waals surface area contributed by atoms with E-state index in [-0.39, 0.29) is 12.3 Å². The molecule has 0 saturated carbocycles. The maximum atomic E-state index is 12.0. The number of hydrogen-bond acceptors (Lipinski definition) is 7. The molecule has 1 aromatic carbocycles. The second-order valence-electron chi connectivity index (χ2n) is 5.49. The van der Waals surface area contributed by atoms with Crippen molar-refractivity contribution in [1.29, 1.82) is 0 Å². The van der Waals surface area contributed by atoms with Crippen LogP contribution in [0.1, 0.15) is 28.5 Å². The Morgan fingerprint density at radius 1 is 1.20 bits per heavy atom. The highest BCUT2D eigenvalue weighted by Crippen LogP contribution is 2.34. The minimum Gasteiger partial charge on any atom is -0.496 e. The minimum atomic E-state index is -0.566. The van der Waals surface area contributed by atoms with Crippen molar-refractivity contribution in [2.75, 3.05) is 13.7 Å². The van der Waals surface area contributed by atoms with Crippen LogP contribution in [0.15, 0.2) is 31.9 Å². The molecule has 0 fully saturated rings. The lowest BCUT2D eigenvalue weighted by atomic mass is 10.0. The predicted molar refractivity (Wildman–Crippen MR) is 90.0 cm³/mol. The Hall–Kier alpha value is -3.09. The lowest BCUT2D eigenvalue weighted by Gasteiger charge is -2.10. The number of carbonyl (C=O) groups excluding carboxylic acids is 1. The summed E-state index contributed by atoms with van der Waals surface area (Å²) in [6, 6.07) is 4.86. The van der Waals surface area contributed by atoms with Crippen molar-refractivity contribution in [3.05, 3.63) is 45.4 Å². The predicted octanol–water partition coefficient (Wildman–Crippen LogP) is 3.25. The molecule has 0 spiro atoms. The van der Waals surface area contributed by atoms with Crippen LogP contribution in [0.3, 0.4) is 0 Å². The van der Waals surface area contributed by atoms with E-state index in [1.54, 1.807) is 26.0 Å². The summed E-state index contributed by atoms with van der Waals surface area (Å²) in [6.45, 7) is 5.49. The summed E-state index contributed by atoms with van der Waals surface area (Å²) >= 11 is 0. The fraction of sp³-hybridized carbons (Fsp3) is 0.278. The number of nitrogens with zero attached hydrogens (tertiary/aromatic N) is 1. The molecule has 130 valence electrons. The van der Waals surface area contributed by atoms with Gasteiger partial charge in [0.2, 0.25) is 0 Å². The van der Waals surface area contributed by atoms with Gasteiger partial charge in [0.1, 0.15) is 11.3 Å². The molecule has 3 aromatic rings. The Morgan fingerprint density at radius 2 is 1.96 bits per heavy atom. The van der Waals surface area contributed by atoms with Crippen LogP contribution in [-0.4, -0.2) is 24.8 Å². The molecule has 7 nitrogen and oxygen atoms in total. The number of methoxy groups -OCH3 is 1. The first-order valence-electron chi connectivity index (χ1n) is 7.72. The Bertz CT molecular complexity index is 1010. The third-order valence-corrected chi connectivity index (χ3v) is 4.01. The molecular formula is C18H17NO6. The van der Waals surface area contributed by atoms with E-state index in [9.17, 15) is 9.59 Å². The van der Waals surface area contributed by atoms with Crippen LogP contribution in [0.2, 0.25) is 0 Å². The second kappa shape index (κ2) is 6.43. The fourth-order valence-corrected chi connectivity index (χ4v) is 2.57. The van der Waals surface area contributed by atoms with Gasteiger partial charge in [0.25, 0.3) is 0 Å². The van der Waals surface area contributed by atoms with Crippen molar-refractivity contribution in [1.82, 2.24) is 5.16 Å². The van der Waals surface area contributed by atoms with Gasteiger partial charge in [0.15, 0.2) is 11.5 Å². The molecule has 0 amide bonds. The maximum Gasteiger partial charge on any atom is 0.360 e. The van der Waals surface area contributed by atoms with Gasteiger partial charge in [-0.2, -0.15) is 0 Å². The van der Waals surface area contributed by atoms with Crippen LogP contribution in [0.4, 0.5) is 0 Å². The van der Waals surface area contributed by atoms with Crippen molar-refractivity contribution in [2.24, 2.45) is 0 Å². The van der Waals surface area contributed by atoms with Gasteiger partial charge in [-0.3, -0.25) is 0 Å². The van der Waals surface area contributed by atoms with E-state index in [4.69, 9.17) is 18.4 Å². The molecule has 0 bridgehead atoms. The summed E-state index contributed by atoms with van der Waals surface area (Å²) in [7, 11) is 1.53. The highest BCUT2D eigenvalue weighted by Gasteiger charge is 2.18. The van der Waals surface area contributed by atoms with Crippen LogP contribution < -0.4 is 10.4 Å². The number of esters is 1. The average Bonchev–Trinajstić information content (AvgIpc) is 3.09. The first kappa shape index (κ1) is 16.8. The summed E-state index contributed by atoms with van der Waals surface area (Å²) in [5, 5.41) is 4.43. The summed E-state index contributed by atoms with van der Waals surface area (Å²) in [6.07, 6.45) is 0. The summed E-state index contributed by atoms with van der Waals surface area (Å²) in [5.74, 6) is 0.304. The molecule has 3 rings (SSSR count). The zero-order valence-corrected chi connectivity index (χ0v) is 14.3. The minimum absolute atomic E-state index is 0.0671. The second-order valence-corrected chi connectivity index (χ2v) is 5.49. The van der Waals surface area contributed by atoms with Gasteiger partial charge in [-0.05, 0) is 38.5 Å². The van der Waals surface area contributed by atoms with Crippen LogP contribution >= 0.6 is 0 Å². The van der Waals surface area contributed by atoms with E-state index >= 15 is 0 Å². The number of aromatic nitrogens is 1. The van der Waals surface area contributed by atoms with Crippen molar-refractivity contribution in [3.63, 3.8) is 0 Å². The Balaban J connectivity index is 2.17. The summed E-state index contributed by atoms with van der Waals surface area (Å²) < 4.78 is 20.9. The van der Waals surface area contributed by atoms with Gasteiger partial charge in [0, 0.05) is 17.2 Å². The normalized spacial score (nSPS) is 10.9. The molecule has 0 aliphatic rings. The van der Waals surface area contributed by atoms with E-state index in [1.165, 1.54) is 13.2 Å². The molecule has 0 aliphatic carbocycles. The number of ether oxygens (including phenoxy) is 2. The average molecular weight is 343 g/mol. The van der Waals surface area contributed by atoms with Gasteiger partial charge < -0.3 is 18.4 Å². The van der Waals surface area contributed by atoms with Crippen molar-refractivity contribution >= 4 is 16.9 Å². The lowest BCUT2D eigenvalue weighted by molar-refractivity contribution is 0.0514. The first-order chi connectivity index (χ1) is 12.0. The van der Waals surface area contributed by atoms with E-state index in [0.717, 1.165) is 5.56 Å². The molecule has 0 saturated heterocycles. The number of benzene rings is 1. The fourth-order valence-electron chi connectivity index (χ4n) is 2.57. The molecule has 0 N–H and O–H groups in total.